The Hall–Kier alpha value is -1.62. The summed E-state index contributed by atoms with van der Waals surface area (Å²) in [7, 11) is 3.44. The lowest BCUT2D eigenvalue weighted by Crippen LogP contribution is -2.40. The maximum Gasteiger partial charge on any atom is 0.339 e. The van der Waals surface area contributed by atoms with Crippen molar-refractivity contribution < 1.29 is 13.9 Å². The van der Waals surface area contributed by atoms with Crippen LogP contribution in [-0.2, 0) is 4.74 Å². The Morgan fingerprint density at radius 2 is 2.29 bits per heavy atom. The number of hydrogen-bond acceptors (Lipinski definition) is 4. The van der Waals surface area contributed by atoms with Crippen LogP contribution in [0.2, 0.25) is 0 Å². The predicted octanol–water partition coefficient (Wildman–Crippen LogP) is 2.75. The van der Waals surface area contributed by atoms with Crippen LogP contribution >= 0.6 is 0 Å². The zero-order valence-electron chi connectivity index (χ0n) is 12.9. The minimum Gasteiger partial charge on any atom is -0.465 e. The van der Waals surface area contributed by atoms with Gasteiger partial charge in [0.1, 0.15) is 5.82 Å². The summed E-state index contributed by atoms with van der Waals surface area (Å²) in [6, 6.07) is 4.26. The molecule has 0 saturated carbocycles. The number of rotatable bonds is 4. The second-order valence-electron chi connectivity index (χ2n) is 5.78. The number of nitrogens with zero attached hydrogens (tertiary/aromatic N) is 1. The first-order valence-corrected chi connectivity index (χ1v) is 7.34. The number of likely N-dealkylation sites (tertiary alicyclic amines) is 1. The Kier molecular flexibility index (Phi) is 5.17. The maximum absolute atomic E-state index is 13.5. The molecule has 2 unspecified atom stereocenters. The molecule has 0 bridgehead atoms. The molecule has 2 rings (SSSR count). The summed E-state index contributed by atoms with van der Waals surface area (Å²) in [6.07, 6.45) is 2.31. The van der Waals surface area contributed by atoms with Gasteiger partial charge in [-0.3, -0.25) is 0 Å². The van der Waals surface area contributed by atoms with Crippen LogP contribution in [0.25, 0.3) is 0 Å². The van der Waals surface area contributed by atoms with E-state index < -0.39 is 5.97 Å². The van der Waals surface area contributed by atoms with E-state index in [1.165, 1.54) is 31.7 Å². The number of anilines is 1. The van der Waals surface area contributed by atoms with Crippen molar-refractivity contribution in [1.29, 1.82) is 0 Å². The molecule has 4 nitrogen and oxygen atoms in total. The van der Waals surface area contributed by atoms with Crippen LogP contribution < -0.4 is 5.32 Å². The van der Waals surface area contributed by atoms with Gasteiger partial charge in [-0.25, -0.2) is 9.18 Å². The summed E-state index contributed by atoms with van der Waals surface area (Å²) >= 11 is 0. The summed E-state index contributed by atoms with van der Waals surface area (Å²) in [6.45, 7) is 4.21. The van der Waals surface area contributed by atoms with Crippen molar-refractivity contribution in [2.45, 2.75) is 25.8 Å². The molecule has 0 spiro atoms. The minimum atomic E-state index is -0.453. The third-order valence-electron chi connectivity index (χ3n) is 4.14. The van der Waals surface area contributed by atoms with E-state index in [2.05, 4.69) is 24.2 Å². The first kappa shape index (κ1) is 15.8. The summed E-state index contributed by atoms with van der Waals surface area (Å²) in [5.41, 5.74) is 0.873. The van der Waals surface area contributed by atoms with Crippen LogP contribution in [0.15, 0.2) is 18.2 Å². The number of ether oxygens (including phenoxy) is 1. The Labute approximate surface area is 125 Å². The quantitative estimate of drug-likeness (QED) is 0.867. The number of piperidine rings is 1. The lowest BCUT2D eigenvalue weighted by atomic mass is 9.91. The largest absolute Gasteiger partial charge is 0.465 e. The average molecular weight is 294 g/mol. The molecule has 0 amide bonds. The highest BCUT2D eigenvalue weighted by Gasteiger charge is 2.24. The minimum absolute atomic E-state index is 0.165. The van der Waals surface area contributed by atoms with Gasteiger partial charge in [-0.05, 0) is 57.5 Å². The van der Waals surface area contributed by atoms with Crippen molar-refractivity contribution in [2.75, 3.05) is 32.6 Å². The van der Waals surface area contributed by atoms with E-state index in [4.69, 9.17) is 4.74 Å². The number of carbonyl (C=O) groups is 1. The monoisotopic (exact) mass is 294 g/mol. The van der Waals surface area contributed by atoms with Gasteiger partial charge in [-0.15, -0.1) is 0 Å². The Morgan fingerprint density at radius 1 is 1.52 bits per heavy atom. The van der Waals surface area contributed by atoms with Crippen molar-refractivity contribution in [3.63, 3.8) is 0 Å². The SMILES string of the molecule is COC(=O)c1ccc(F)cc1NC(C)C1CCCN(C)C1. The van der Waals surface area contributed by atoms with Crippen molar-refractivity contribution in [3.8, 4) is 0 Å². The molecule has 21 heavy (non-hydrogen) atoms. The summed E-state index contributed by atoms with van der Waals surface area (Å²) in [5.74, 6) is -0.332. The third kappa shape index (κ3) is 3.94. The number of carbonyl (C=O) groups excluding carboxylic acids is 1. The molecular formula is C16H23FN2O2. The smallest absolute Gasteiger partial charge is 0.339 e. The second kappa shape index (κ2) is 6.89. The maximum atomic E-state index is 13.5. The first-order valence-electron chi connectivity index (χ1n) is 7.34. The molecule has 1 N–H and O–H groups in total. The van der Waals surface area contributed by atoms with Gasteiger partial charge in [0.25, 0.3) is 0 Å². The van der Waals surface area contributed by atoms with Gasteiger partial charge >= 0.3 is 5.97 Å². The lowest BCUT2D eigenvalue weighted by molar-refractivity contribution is 0.0601. The molecule has 0 aliphatic carbocycles. The van der Waals surface area contributed by atoms with Crippen LogP contribution in [0.3, 0.4) is 0 Å². The van der Waals surface area contributed by atoms with E-state index in [-0.39, 0.29) is 11.9 Å². The Morgan fingerprint density at radius 3 is 2.95 bits per heavy atom. The summed E-state index contributed by atoms with van der Waals surface area (Å²) < 4.78 is 18.2. The molecule has 5 heteroatoms. The number of halogens is 1. The zero-order valence-corrected chi connectivity index (χ0v) is 12.9. The number of esters is 1. The number of methoxy groups -OCH3 is 1. The highest BCUT2D eigenvalue weighted by atomic mass is 19.1. The molecule has 1 heterocycles. The van der Waals surface area contributed by atoms with Crippen molar-refractivity contribution >= 4 is 11.7 Å². The molecule has 2 atom stereocenters. The van der Waals surface area contributed by atoms with Crippen LogP contribution in [0.5, 0.6) is 0 Å². The zero-order chi connectivity index (χ0) is 15.4. The van der Waals surface area contributed by atoms with Crippen LogP contribution in [0.1, 0.15) is 30.1 Å². The van der Waals surface area contributed by atoms with Gasteiger partial charge in [-0.2, -0.15) is 0 Å². The van der Waals surface area contributed by atoms with Gasteiger partial charge < -0.3 is 15.0 Å². The molecule has 1 aromatic rings. The average Bonchev–Trinajstić information content (AvgIpc) is 2.46. The Bertz CT molecular complexity index is 507. The lowest BCUT2D eigenvalue weighted by Gasteiger charge is -2.34. The van der Waals surface area contributed by atoms with Crippen LogP contribution in [0, 0.1) is 11.7 Å². The normalized spacial score (nSPS) is 20.9. The molecule has 1 fully saturated rings. The van der Waals surface area contributed by atoms with E-state index in [1.54, 1.807) is 0 Å². The van der Waals surface area contributed by atoms with Crippen LogP contribution in [0.4, 0.5) is 10.1 Å². The summed E-state index contributed by atoms with van der Waals surface area (Å²) in [5, 5.41) is 3.29. The summed E-state index contributed by atoms with van der Waals surface area (Å²) in [4.78, 5) is 14.1. The highest BCUT2D eigenvalue weighted by Crippen LogP contribution is 2.24. The molecule has 0 aromatic heterocycles. The van der Waals surface area contributed by atoms with E-state index in [0.717, 1.165) is 19.5 Å². The topological polar surface area (TPSA) is 41.6 Å². The van der Waals surface area contributed by atoms with E-state index in [0.29, 0.717) is 17.2 Å². The Balaban J connectivity index is 2.14. The molecule has 1 aromatic carbocycles. The second-order valence-corrected chi connectivity index (χ2v) is 5.78. The molecule has 1 aliphatic rings. The fourth-order valence-electron chi connectivity index (χ4n) is 2.90. The first-order chi connectivity index (χ1) is 10.0. The van der Waals surface area contributed by atoms with Gasteiger partial charge in [0, 0.05) is 12.6 Å². The van der Waals surface area contributed by atoms with Crippen molar-refractivity contribution in [1.82, 2.24) is 4.90 Å². The number of hydrogen-bond donors (Lipinski definition) is 1. The van der Waals surface area contributed by atoms with Gasteiger partial charge in [0.15, 0.2) is 0 Å². The molecule has 0 radical (unpaired) electrons. The third-order valence-corrected chi connectivity index (χ3v) is 4.14. The fraction of sp³-hybridized carbons (Fsp3) is 0.562. The van der Waals surface area contributed by atoms with E-state index >= 15 is 0 Å². The van der Waals surface area contributed by atoms with Gasteiger partial charge in [0.2, 0.25) is 0 Å². The molecule has 1 saturated heterocycles. The molecule has 1 aliphatic heterocycles. The van der Waals surface area contributed by atoms with Crippen molar-refractivity contribution in [2.24, 2.45) is 5.92 Å². The predicted molar refractivity (Wildman–Crippen MR) is 81.0 cm³/mol. The number of benzene rings is 1. The van der Waals surface area contributed by atoms with Crippen LogP contribution in [-0.4, -0.2) is 44.2 Å². The molecule has 116 valence electrons. The van der Waals surface area contributed by atoms with Gasteiger partial charge in [-0.1, -0.05) is 0 Å². The van der Waals surface area contributed by atoms with E-state index in [9.17, 15) is 9.18 Å². The van der Waals surface area contributed by atoms with Gasteiger partial charge in [0.05, 0.1) is 18.4 Å². The molecular weight excluding hydrogens is 271 g/mol. The fourth-order valence-corrected chi connectivity index (χ4v) is 2.90. The standard InChI is InChI=1S/C16H23FN2O2/c1-11(12-5-4-8-19(2)10-12)18-15-9-13(17)6-7-14(15)16(20)21-3/h6-7,9,11-12,18H,4-5,8,10H2,1-3H3. The van der Waals surface area contributed by atoms with E-state index in [1.807, 2.05) is 0 Å². The van der Waals surface area contributed by atoms with Crippen molar-refractivity contribution in [3.05, 3.63) is 29.6 Å². The number of nitrogens with one attached hydrogen (secondary N) is 1. The highest BCUT2D eigenvalue weighted by molar-refractivity contribution is 5.95.